The van der Waals surface area contributed by atoms with Gasteiger partial charge in [-0.25, -0.2) is 0 Å². The predicted molar refractivity (Wildman–Crippen MR) is 125 cm³/mol. The second-order valence-corrected chi connectivity index (χ2v) is 8.02. The van der Waals surface area contributed by atoms with Crippen LogP contribution in [0, 0.1) is 0 Å². The van der Waals surface area contributed by atoms with E-state index in [2.05, 4.69) is 10.4 Å². The van der Waals surface area contributed by atoms with Crippen molar-refractivity contribution in [1.29, 1.82) is 0 Å². The van der Waals surface area contributed by atoms with Crippen molar-refractivity contribution >= 4 is 17.5 Å². The first-order valence-corrected chi connectivity index (χ1v) is 11.0. The van der Waals surface area contributed by atoms with E-state index in [0.717, 1.165) is 19.3 Å². The molecule has 2 heterocycles. The van der Waals surface area contributed by atoms with E-state index in [-0.39, 0.29) is 17.9 Å². The van der Waals surface area contributed by atoms with Gasteiger partial charge in [0.05, 0.1) is 38.7 Å². The summed E-state index contributed by atoms with van der Waals surface area (Å²) in [6.45, 7) is 1.27. The van der Waals surface area contributed by atoms with Crippen molar-refractivity contribution < 1.29 is 19.1 Å². The topological polar surface area (TPSA) is 85.7 Å². The molecule has 0 bridgehead atoms. The monoisotopic (exact) mass is 448 g/mol. The van der Waals surface area contributed by atoms with Gasteiger partial charge in [-0.2, -0.15) is 5.10 Å². The summed E-state index contributed by atoms with van der Waals surface area (Å²) < 4.78 is 12.2. The molecular formula is C25H28N4O4. The second kappa shape index (κ2) is 10.2. The van der Waals surface area contributed by atoms with Gasteiger partial charge < -0.3 is 19.7 Å². The lowest BCUT2D eigenvalue weighted by Crippen LogP contribution is -2.45. The van der Waals surface area contributed by atoms with Crippen LogP contribution in [0.25, 0.3) is 0 Å². The number of aromatic nitrogens is 2. The van der Waals surface area contributed by atoms with E-state index in [4.69, 9.17) is 9.47 Å². The Morgan fingerprint density at radius 2 is 1.73 bits per heavy atom. The average Bonchev–Trinajstić information content (AvgIpc) is 3.30. The minimum Gasteiger partial charge on any atom is -0.497 e. The number of hydrogen-bond acceptors (Lipinski definition) is 5. The van der Waals surface area contributed by atoms with E-state index in [1.54, 1.807) is 61.6 Å². The zero-order valence-electron chi connectivity index (χ0n) is 18.9. The van der Waals surface area contributed by atoms with Gasteiger partial charge in [0.15, 0.2) is 0 Å². The van der Waals surface area contributed by atoms with Crippen LogP contribution in [-0.2, 0) is 6.54 Å². The van der Waals surface area contributed by atoms with Crippen LogP contribution in [0.15, 0.2) is 60.9 Å². The van der Waals surface area contributed by atoms with E-state index in [1.165, 1.54) is 0 Å². The standard InChI is InChI=1S/C25H28N4O4/c1-32-22-10-5-7-18(13-22)24(30)27-20-15-26-28(16-20)17-21-9-3-4-12-29(21)25(31)19-8-6-11-23(14-19)33-2/h5-8,10-11,13-16,21H,3-4,9,12,17H2,1-2H3,(H,27,30)/t21-/m0/s1. The van der Waals surface area contributed by atoms with Gasteiger partial charge in [-0.3, -0.25) is 14.3 Å². The number of ether oxygens (including phenoxy) is 2. The Kier molecular flexibility index (Phi) is 6.92. The highest BCUT2D eigenvalue weighted by Crippen LogP contribution is 2.23. The number of benzene rings is 2. The van der Waals surface area contributed by atoms with Crippen LogP contribution in [0.5, 0.6) is 11.5 Å². The smallest absolute Gasteiger partial charge is 0.255 e. The molecule has 1 aromatic heterocycles. The number of likely N-dealkylation sites (tertiary alicyclic amines) is 1. The lowest BCUT2D eigenvalue weighted by molar-refractivity contribution is 0.0583. The molecule has 0 aliphatic carbocycles. The van der Waals surface area contributed by atoms with Crippen LogP contribution in [0.3, 0.4) is 0 Å². The highest BCUT2D eigenvalue weighted by atomic mass is 16.5. The Morgan fingerprint density at radius 1 is 1.03 bits per heavy atom. The van der Waals surface area contributed by atoms with Crippen molar-refractivity contribution in [3.8, 4) is 11.5 Å². The maximum atomic E-state index is 13.2. The molecule has 4 rings (SSSR count). The molecule has 1 saturated heterocycles. The molecule has 1 fully saturated rings. The van der Waals surface area contributed by atoms with Crippen molar-refractivity contribution in [3.63, 3.8) is 0 Å². The highest BCUT2D eigenvalue weighted by Gasteiger charge is 2.28. The van der Waals surface area contributed by atoms with Crippen LogP contribution in [0.4, 0.5) is 5.69 Å². The minimum atomic E-state index is -0.235. The van der Waals surface area contributed by atoms with Crippen LogP contribution in [0.1, 0.15) is 40.0 Å². The fourth-order valence-corrected chi connectivity index (χ4v) is 4.09. The molecule has 0 spiro atoms. The minimum absolute atomic E-state index is 0.00249. The highest BCUT2D eigenvalue weighted by molar-refractivity contribution is 6.04. The van der Waals surface area contributed by atoms with Crippen molar-refractivity contribution in [2.45, 2.75) is 31.8 Å². The van der Waals surface area contributed by atoms with Gasteiger partial charge in [-0.05, 0) is 55.7 Å². The molecule has 1 aliphatic rings. The number of piperidine rings is 1. The number of carbonyl (C=O) groups is 2. The molecule has 1 atom stereocenters. The van der Waals surface area contributed by atoms with Gasteiger partial charge >= 0.3 is 0 Å². The third kappa shape index (κ3) is 5.34. The summed E-state index contributed by atoms with van der Waals surface area (Å²) in [5, 5.41) is 7.27. The summed E-state index contributed by atoms with van der Waals surface area (Å²) >= 11 is 0. The third-order valence-corrected chi connectivity index (χ3v) is 5.83. The molecule has 172 valence electrons. The SMILES string of the molecule is COc1cccc(C(=O)Nc2cnn(C[C@@H]3CCCCN3C(=O)c3cccc(OC)c3)c2)c1. The van der Waals surface area contributed by atoms with E-state index >= 15 is 0 Å². The Labute approximate surface area is 193 Å². The third-order valence-electron chi connectivity index (χ3n) is 5.83. The molecule has 2 amide bonds. The molecular weight excluding hydrogens is 420 g/mol. The number of rotatable bonds is 7. The molecule has 0 radical (unpaired) electrons. The second-order valence-electron chi connectivity index (χ2n) is 8.02. The summed E-state index contributed by atoms with van der Waals surface area (Å²) in [5.41, 5.74) is 1.72. The number of hydrogen-bond donors (Lipinski definition) is 1. The van der Waals surface area contributed by atoms with E-state index in [9.17, 15) is 9.59 Å². The van der Waals surface area contributed by atoms with Crippen molar-refractivity contribution in [3.05, 3.63) is 72.1 Å². The summed E-state index contributed by atoms with van der Waals surface area (Å²) in [5.74, 6) is 1.05. The Hall–Kier alpha value is -3.81. The molecule has 8 heteroatoms. The summed E-state index contributed by atoms with van der Waals surface area (Å²) in [7, 11) is 3.16. The van der Waals surface area contributed by atoms with Crippen molar-refractivity contribution in [2.24, 2.45) is 0 Å². The van der Waals surface area contributed by atoms with E-state index in [1.807, 2.05) is 23.1 Å². The summed E-state index contributed by atoms with van der Waals surface area (Å²) in [4.78, 5) is 27.7. The van der Waals surface area contributed by atoms with Gasteiger partial charge in [-0.1, -0.05) is 12.1 Å². The predicted octanol–water partition coefficient (Wildman–Crippen LogP) is 3.85. The summed E-state index contributed by atoms with van der Waals surface area (Å²) in [6.07, 6.45) is 6.36. The maximum absolute atomic E-state index is 13.2. The lowest BCUT2D eigenvalue weighted by Gasteiger charge is -2.35. The molecule has 0 unspecified atom stereocenters. The van der Waals surface area contributed by atoms with Crippen molar-refractivity contribution in [2.75, 3.05) is 26.1 Å². The Morgan fingerprint density at radius 3 is 2.45 bits per heavy atom. The first-order chi connectivity index (χ1) is 16.1. The maximum Gasteiger partial charge on any atom is 0.255 e. The number of anilines is 1. The van der Waals surface area contributed by atoms with Gasteiger partial charge in [0.25, 0.3) is 11.8 Å². The van der Waals surface area contributed by atoms with Gasteiger partial charge in [0.1, 0.15) is 11.5 Å². The number of amides is 2. The lowest BCUT2D eigenvalue weighted by atomic mass is 10.0. The Bertz CT molecular complexity index is 1130. The van der Waals surface area contributed by atoms with E-state index in [0.29, 0.717) is 41.4 Å². The van der Waals surface area contributed by atoms with Crippen LogP contribution < -0.4 is 14.8 Å². The van der Waals surface area contributed by atoms with Crippen LogP contribution in [-0.4, -0.2) is 53.3 Å². The zero-order valence-corrected chi connectivity index (χ0v) is 18.9. The normalized spacial score (nSPS) is 15.7. The first-order valence-electron chi connectivity index (χ1n) is 11.0. The number of carbonyl (C=O) groups excluding carboxylic acids is 2. The molecule has 2 aromatic carbocycles. The largest absolute Gasteiger partial charge is 0.497 e. The molecule has 8 nitrogen and oxygen atoms in total. The van der Waals surface area contributed by atoms with Gasteiger partial charge in [0, 0.05) is 23.9 Å². The molecule has 1 aliphatic heterocycles. The molecule has 3 aromatic rings. The van der Waals surface area contributed by atoms with Crippen LogP contribution >= 0.6 is 0 Å². The Balaban J connectivity index is 1.43. The van der Waals surface area contributed by atoms with Gasteiger partial charge in [0.2, 0.25) is 0 Å². The van der Waals surface area contributed by atoms with E-state index < -0.39 is 0 Å². The average molecular weight is 449 g/mol. The molecule has 1 N–H and O–H groups in total. The molecule has 0 saturated carbocycles. The first kappa shape index (κ1) is 22.4. The van der Waals surface area contributed by atoms with Gasteiger partial charge in [-0.15, -0.1) is 0 Å². The quantitative estimate of drug-likeness (QED) is 0.593. The summed E-state index contributed by atoms with van der Waals surface area (Å²) in [6, 6.07) is 14.2. The molecule has 33 heavy (non-hydrogen) atoms. The van der Waals surface area contributed by atoms with Crippen molar-refractivity contribution in [1.82, 2.24) is 14.7 Å². The number of nitrogens with one attached hydrogen (secondary N) is 1. The number of nitrogens with zero attached hydrogens (tertiary/aromatic N) is 3. The zero-order chi connectivity index (χ0) is 23.2. The number of methoxy groups -OCH3 is 2. The fraction of sp³-hybridized carbons (Fsp3) is 0.320. The fourth-order valence-electron chi connectivity index (χ4n) is 4.09. The van der Waals surface area contributed by atoms with Crippen LogP contribution in [0.2, 0.25) is 0 Å².